The Labute approximate surface area is 114 Å². The number of halogens is 1. The summed E-state index contributed by atoms with van der Waals surface area (Å²) in [6, 6.07) is 1.81. The summed E-state index contributed by atoms with van der Waals surface area (Å²) < 4.78 is 36.0. The lowest BCUT2D eigenvalue weighted by atomic mass is 10.2. The molecule has 4 N–H and O–H groups in total. The summed E-state index contributed by atoms with van der Waals surface area (Å²) in [5.74, 6) is -2.05. The minimum atomic E-state index is -4.13. The van der Waals surface area contributed by atoms with Gasteiger partial charge >= 0.3 is 0 Å². The average molecular weight is 301 g/mol. The van der Waals surface area contributed by atoms with Crippen LogP contribution in [0.25, 0.3) is 0 Å². The maximum absolute atomic E-state index is 13.5. The van der Waals surface area contributed by atoms with Gasteiger partial charge in [0.05, 0.1) is 4.90 Å². The largest absolute Gasteiger partial charge is 0.368 e. The first-order valence-electron chi connectivity index (χ1n) is 5.65. The molecule has 9 heteroatoms. The third-order valence-electron chi connectivity index (χ3n) is 3.00. The Morgan fingerprint density at radius 3 is 2.55 bits per heavy atom. The molecule has 1 aliphatic heterocycles. The third-order valence-corrected chi connectivity index (χ3v) is 3.90. The standard InChI is InChI=1S/C11H12FN3O4S/c12-6-3-7(5-8(4-6)20(14,18)19)15-9(11(13)17)1-2-10(15)16/h3-5,9H,1-2H2,(H2,13,17)(H2,14,18,19). The Balaban J connectivity index is 2.54. The molecule has 0 aliphatic carbocycles. The number of carbonyl (C=O) groups excluding carboxylic acids is 2. The second-order valence-corrected chi connectivity index (χ2v) is 5.97. The number of anilines is 1. The van der Waals surface area contributed by atoms with Crippen molar-refractivity contribution < 1.29 is 22.4 Å². The van der Waals surface area contributed by atoms with Crippen molar-refractivity contribution in [2.24, 2.45) is 10.9 Å². The molecule has 108 valence electrons. The summed E-state index contributed by atoms with van der Waals surface area (Å²) in [5, 5.41) is 4.93. The summed E-state index contributed by atoms with van der Waals surface area (Å²) in [6.45, 7) is 0. The van der Waals surface area contributed by atoms with E-state index in [9.17, 15) is 22.4 Å². The first-order valence-corrected chi connectivity index (χ1v) is 7.19. The molecular weight excluding hydrogens is 289 g/mol. The predicted octanol–water partition coefficient (Wildman–Crippen LogP) is -0.546. The van der Waals surface area contributed by atoms with Crippen molar-refractivity contribution in [2.75, 3.05) is 4.90 Å². The second kappa shape index (κ2) is 4.84. The maximum atomic E-state index is 13.5. The van der Waals surface area contributed by atoms with Crippen LogP contribution in [-0.4, -0.2) is 26.3 Å². The molecule has 1 fully saturated rings. The number of primary amides is 1. The number of carbonyl (C=O) groups is 2. The highest BCUT2D eigenvalue weighted by atomic mass is 32.2. The molecule has 1 heterocycles. The molecule has 0 bridgehead atoms. The summed E-state index contributed by atoms with van der Waals surface area (Å²) >= 11 is 0. The monoisotopic (exact) mass is 301 g/mol. The Hall–Kier alpha value is -2.00. The van der Waals surface area contributed by atoms with Gasteiger partial charge in [-0.1, -0.05) is 0 Å². The van der Waals surface area contributed by atoms with E-state index in [1.165, 1.54) is 0 Å². The SMILES string of the molecule is NC(=O)C1CCC(=O)N1c1cc(F)cc(S(N)(=O)=O)c1. The molecule has 2 rings (SSSR count). The zero-order valence-corrected chi connectivity index (χ0v) is 11.1. The fourth-order valence-electron chi connectivity index (χ4n) is 2.13. The number of benzene rings is 1. The van der Waals surface area contributed by atoms with Crippen LogP contribution < -0.4 is 15.8 Å². The van der Waals surface area contributed by atoms with Gasteiger partial charge in [0.25, 0.3) is 0 Å². The minimum absolute atomic E-state index is 0.0553. The van der Waals surface area contributed by atoms with Crippen LogP contribution in [0.2, 0.25) is 0 Å². The number of nitrogens with two attached hydrogens (primary N) is 2. The molecule has 1 aromatic rings. The van der Waals surface area contributed by atoms with Crippen LogP contribution in [0.15, 0.2) is 23.1 Å². The van der Waals surface area contributed by atoms with Crippen molar-refractivity contribution in [1.29, 1.82) is 0 Å². The van der Waals surface area contributed by atoms with Crippen molar-refractivity contribution in [3.8, 4) is 0 Å². The average Bonchev–Trinajstić information content (AvgIpc) is 2.69. The van der Waals surface area contributed by atoms with Gasteiger partial charge < -0.3 is 5.73 Å². The fraction of sp³-hybridized carbons (Fsp3) is 0.273. The van der Waals surface area contributed by atoms with Crippen LogP contribution in [0.4, 0.5) is 10.1 Å². The molecule has 20 heavy (non-hydrogen) atoms. The molecule has 1 atom stereocenters. The molecule has 2 amide bonds. The molecule has 1 unspecified atom stereocenters. The Bertz CT molecular complexity index is 689. The van der Waals surface area contributed by atoms with Crippen LogP contribution in [0.1, 0.15) is 12.8 Å². The molecule has 0 spiro atoms. The van der Waals surface area contributed by atoms with Crippen molar-refractivity contribution in [3.05, 3.63) is 24.0 Å². The summed E-state index contributed by atoms with van der Waals surface area (Å²) in [4.78, 5) is 23.6. The molecule has 7 nitrogen and oxygen atoms in total. The molecule has 0 saturated carbocycles. The number of nitrogens with zero attached hydrogens (tertiary/aromatic N) is 1. The van der Waals surface area contributed by atoms with Gasteiger partial charge in [-0.15, -0.1) is 0 Å². The summed E-state index contributed by atoms with van der Waals surface area (Å²) in [7, 11) is -4.13. The van der Waals surface area contributed by atoms with E-state index in [0.717, 1.165) is 23.1 Å². The zero-order valence-electron chi connectivity index (χ0n) is 10.2. The quantitative estimate of drug-likeness (QED) is 0.777. The van der Waals surface area contributed by atoms with Crippen LogP contribution >= 0.6 is 0 Å². The van der Waals surface area contributed by atoms with Gasteiger partial charge in [0.1, 0.15) is 11.9 Å². The molecular formula is C11H12FN3O4S. The van der Waals surface area contributed by atoms with E-state index in [4.69, 9.17) is 10.9 Å². The highest BCUT2D eigenvalue weighted by molar-refractivity contribution is 7.89. The van der Waals surface area contributed by atoms with Crippen LogP contribution in [-0.2, 0) is 19.6 Å². The van der Waals surface area contributed by atoms with E-state index in [2.05, 4.69) is 0 Å². The predicted molar refractivity (Wildman–Crippen MR) is 67.5 cm³/mol. The van der Waals surface area contributed by atoms with E-state index in [1.807, 2.05) is 0 Å². The number of primary sulfonamides is 1. The lowest BCUT2D eigenvalue weighted by Crippen LogP contribution is -2.42. The maximum Gasteiger partial charge on any atom is 0.240 e. The topological polar surface area (TPSA) is 124 Å². The van der Waals surface area contributed by atoms with Crippen molar-refractivity contribution in [2.45, 2.75) is 23.8 Å². The van der Waals surface area contributed by atoms with Crippen LogP contribution in [0.5, 0.6) is 0 Å². The van der Waals surface area contributed by atoms with Crippen LogP contribution in [0.3, 0.4) is 0 Å². The van der Waals surface area contributed by atoms with Gasteiger partial charge in [0, 0.05) is 12.1 Å². The van der Waals surface area contributed by atoms with Gasteiger partial charge in [-0.05, 0) is 24.6 Å². The first kappa shape index (κ1) is 14.4. The van der Waals surface area contributed by atoms with E-state index in [0.29, 0.717) is 0 Å². The number of rotatable bonds is 3. The molecule has 1 aliphatic rings. The van der Waals surface area contributed by atoms with Gasteiger partial charge in [0.15, 0.2) is 0 Å². The lowest BCUT2D eigenvalue weighted by Gasteiger charge is -2.22. The highest BCUT2D eigenvalue weighted by Crippen LogP contribution is 2.29. The smallest absolute Gasteiger partial charge is 0.240 e. The van der Waals surface area contributed by atoms with Crippen molar-refractivity contribution in [1.82, 2.24) is 0 Å². The number of hydrogen-bond donors (Lipinski definition) is 2. The normalized spacial score (nSPS) is 19.4. The Morgan fingerprint density at radius 1 is 1.35 bits per heavy atom. The number of hydrogen-bond acceptors (Lipinski definition) is 4. The van der Waals surface area contributed by atoms with Gasteiger partial charge in [-0.2, -0.15) is 0 Å². The number of amides is 2. The zero-order chi connectivity index (χ0) is 15.1. The lowest BCUT2D eigenvalue weighted by molar-refractivity contribution is -0.121. The number of sulfonamides is 1. The first-order chi connectivity index (χ1) is 9.20. The minimum Gasteiger partial charge on any atom is -0.368 e. The molecule has 1 aromatic carbocycles. The molecule has 0 aromatic heterocycles. The van der Waals surface area contributed by atoms with Gasteiger partial charge in [0.2, 0.25) is 21.8 Å². The van der Waals surface area contributed by atoms with Crippen molar-refractivity contribution in [3.63, 3.8) is 0 Å². The highest BCUT2D eigenvalue weighted by Gasteiger charge is 2.36. The van der Waals surface area contributed by atoms with Crippen molar-refractivity contribution >= 4 is 27.5 Å². The molecule has 1 saturated heterocycles. The summed E-state index contributed by atoms with van der Waals surface area (Å²) in [6.07, 6.45) is 0.282. The third kappa shape index (κ3) is 2.63. The molecule has 0 radical (unpaired) electrons. The van der Waals surface area contributed by atoms with E-state index in [1.54, 1.807) is 0 Å². The van der Waals surface area contributed by atoms with E-state index < -0.39 is 38.6 Å². The van der Waals surface area contributed by atoms with E-state index >= 15 is 0 Å². The Kier molecular flexibility index (Phi) is 3.48. The van der Waals surface area contributed by atoms with Gasteiger partial charge in [-0.3, -0.25) is 14.5 Å². The van der Waals surface area contributed by atoms with Gasteiger partial charge in [-0.25, -0.2) is 17.9 Å². The second-order valence-electron chi connectivity index (χ2n) is 4.41. The van der Waals surface area contributed by atoms with Crippen LogP contribution in [0, 0.1) is 5.82 Å². The fourth-order valence-corrected chi connectivity index (χ4v) is 2.69. The van der Waals surface area contributed by atoms with E-state index in [-0.39, 0.29) is 18.5 Å². The summed E-state index contributed by atoms with van der Waals surface area (Å²) in [5.41, 5.74) is 5.12. The Morgan fingerprint density at radius 2 is 2.00 bits per heavy atom.